The van der Waals surface area contributed by atoms with E-state index in [1.165, 1.54) is 0 Å². The molecular formula is C16H13NO3. The van der Waals surface area contributed by atoms with E-state index in [1.54, 1.807) is 0 Å². The molecule has 4 nitrogen and oxygen atoms in total. The first kappa shape index (κ1) is 12.4. The molecule has 0 fully saturated rings. The molecule has 0 unspecified atom stereocenters. The van der Waals surface area contributed by atoms with Crippen molar-refractivity contribution in [1.82, 2.24) is 0 Å². The Balaban J connectivity index is 1.79. The summed E-state index contributed by atoms with van der Waals surface area (Å²) < 4.78 is 0. The molecule has 0 spiro atoms. The number of hydrogen-bond acceptors (Lipinski definition) is 3. The summed E-state index contributed by atoms with van der Waals surface area (Å²) in [6.07, 6.45) is -0.557. The molecule has 1 aliphatic rings. The van der Waals surface area contributed by atoms with Crippen molar-refractivity contribution in [3.8, 4) is 11.1 Å². The third-order valence-electron chi connectivity index (χ3n) is 3.27. The molecule has 0 amide bonds. The van der Waals surface area contributed by atoms with E-state index in [4.69, 9.17) is 9.94 Å². The van der Waals surface area contributed by atoms with Crippen molar-refractivity contribution < 1.29 is 14.7 Å². The third-order valence-corrected chi connectivity index (χ3v) is 3.27. The van der Waals surface area contributed by atoms with Crippen molar-refractivity contribution >= 4 is 11.7 Å². The van der Waals surface area contributed by atoms with Crippen LogP contribution in [0.4, 0.5) is 0 Å². The highest BCUT2D eigenvalue weighted by molar-refractivity contribution is 6.03. The topological polar surface area (TPSA) is 58.9 Å². The van der Waals surface area contributed by atoms with Gasteiger partial charge in [-0.3, -0.25) is 0 Å². The summed E-state index contributed by atoms with van der Waals surface area (Å²) in [7, 11) is 0. The van der Waals surface area contributed by atoms with Crippen LogP contribution in [0, 0.1) is 0 Å². The van der Waals surface area contributed by atoms with E-state index in [1.807, 2.05) is 54.6 Å². The first-order valence-corrected chi connectivity index (χ1v) is 6.35. The van der Waals surface area contributed by atoms with Crippen molar-refractivity contribution in [2.24, 2.45) is 5.16 Å². The molecule has 100 valence electrons. The first-order valence-electron chi connectivity index (χ1n) is 6.35. The summed E-state index contributed by atoms with van der Waals surface area (Å²) in [5.41, 5.74) is 3.83. The van der Waals surface area contributed by atoms with Crippen LogP contribution in [-0.2, 0) is 9.63 Å². The molecule has 4 heteroatoms. The number of benzene rings is 2. The summed E-state index contributed by atoms with van der Waals surface area (Å²) in [5, 5.41) is 12.7. The van der Waals surface area contributed by atoms with Crippen LogP contribution in [0.5, 0.6) is 0 Å². The van der Waals surface area contributed by atoms with Crippen molar-refractivity contribution in [2.75, 3.05) is 0 Å². The highest BCUT2D eigenvalue weighted by atomic mass is 16.7. The van der Waals surface area contributed by atoms with E-state index in [2.05, 4.69) is 5.16 Å². The van der Waals surface area contributed by atoms with Gasteiger partial charge in [-0.25, -0.2) is 4.79 Å². The maximum atomic E-state index is 10.8. The molecule has 0 aliphatic carbocycles. The van der Waals surface area contributed by atoms with Crippen molar-refractivity contribution in [3.63, 3.8) is 0 Å². The van der Waals surface area contributed by atoms with Crippen LogP contribution in [-0.4, -0.2) is 22.9 Å². The van der Waals surface area contributed by atoms with Crippen LogP contribution in [0.25, 0.3) is 11.1 Å². The number of carbonyl (C=O) groups is 1. The Kier molecular flexibility index (Phi) is 3.21. The lowest BCUT2D eigenvalue weighted by Crippen LogP contribution is -2.19. The largest absolute Gasteiger partial charge is 0.478 e. The summed E-state index contributed by atoms with van der Waals surface area (Å²) in [4.78, 5) is 15.7. The van der Waals surface area contributed by atoms with E-state index in [9.17, 15) is 4.79 Å². The minimum atomic E-state index is -0.982. The fourth-order valence-electron chi connectivity index (χ4n) is 2.17. The van der Waals surface area contributed by atoms with Crippen LogP contribution in [0.3, 0.4) is 0 Å². The number of carboxylic acid groups (broad SMARTS) is 1. The summed E-state index contributed by atoms with van der Waals surface area (Å²) >= 11 is 0. The number of hydrogen-bond donors (Lipinski definition) is 1. The van der Waals surface area contributed by atoms with Gasteiger partial charge < -0.3 is 9.94 Å². The van der Waals surface area contributed by atoms with Gasteiger partial charge in [-0.2, -0.15) is 0 Å². The zero-order valence-corrected chi connectivity index (χ0v) is 10.7. The van der Waals surface area contributed by atoms with Gasteiger partial charge in [-0.15, -0.1) is 0 Å². The van der Waals surface area contributed by atoms with Gasteiger partial charge in [0.2, 0.25) is 6.10 Å². The molecule has 20 heavy (non-hydrogen) atoms. The molecule has 1 N–H and O–H groups in total. The highest BCUT2D eigenvalue weighted by Crippen LogP contribution is 2.22. The standard InChI is InChI=1S/C16H13NO3/c18-16(19)15-10-14(17-20-15)13-8-6-12(7-9-13)11-4-2-1-3-5-11/h1-9,15H,10H2,(H,18,19)/t15-/m0/s1. The Morgan fingerprint density at radius 1 is 1.00 bits per heavy atom. The lowest BCUT2D eigenvalue weighted by Gasteiger charge is -2.03. The zero-order chi connectivity index (χ0) is 13.9. The molecule has 2 aromatic rings. The number of carboxylic acids is 1. The van der Waals surface area contributed by atoms with Crippen LogP contribution in [0.1, 0.15) is 12.0 Å². The molecule has 0 saturated carbocycles. The molecule has 1 aliphatic heterocycles. The van der Waals surface area contributed by atoms with Gasteiger partial charge in [-0.05, 0) is 16.7 Å². The van der Waals surface area contributed by atoms with Crippen molar-refractivity contribution in [1.29, 1.82) is 0 Å². The van der Waals surface area contributed by atoms with Crippen molar-refractivity contribution in [2.45, 2.75) is 12.5 Å². The second kappa shape index (κ2) is 5.17. The van der Waals surface area contributed by atoms with Gasteiger partial charge in [0.05, 0.1) is 5.71 Å². The molecule has 2 aromatic carbocycles. The maximum absolute atomic E-state index is 10.8. The van der Waals surface area contributed by atoms with Gasteiger partial charge in [0.1, 0.15) is 0 Å². The number of oxime groups is 1. The minimum Gasteiger partial charge on any atom is -0.478 e. The lowest BCUT2D eigenvalue weighted by molar-refractivity contribution is -0.148. The predicted octanol–water partition coefficient (Wildman–Crippen LogP) is 2.93. The number of rotatable bonds is 3. The van der Waals surface area contributed by atoms with Gasteiger partial charge in [-0.1, -0.05) is 59.8 Å². The van der Waals surface area contributed by atoms with Crippen LogP contribution < -0.4 is 0 Å². The number of aliphatic carboxylic acids is 1. The average molecular weight is 267 g/mol. The van der Waals surface area contributed by atoms with E-state index in [0.29, 0.717) is 12.1 Å². The summed E-state index contributed by atoms with van der Waals surface area (Å²) in [5.74, 6) is -0.982. The Morgan fingerprint density at radius 2 is 1.60 bits per heavy atom. The molecular weight excluding hydrogens is 254 g/mol. The van der Waals surface area contributed by atoms with E-state index in [-0.39, 0.29) is 0 Å². The lowest BCUT2D eigenvalue weighted by atomic mass is 10.0. The average Bonchev–Trinajstić information content (AvgIpc) is 2.98. The zero-order valence-electron chi connectivity index (χ0n) is 10.7. The first-order chi connectivity index (χ1) is 9.74. The second-order valence-corrected chi connectivity index (χ2v) is 4.62. The van der Waals surface area contributed by atoms with E-state index < -0.39 is 12.1 Å². The predicted molar refractivity (Wildman–Crippen MR) is 75.5 cm³/mol. The van der Waals surface area contributed by atoms with Crippen LogP contribution >= 0.6 is 0 Å². The smallest absolute Gasteiger partial charge is 0.348 e. The van der Waals surface area contributed by atoms with Crippen LogP contribution in [0.15, 0.2) is 59.8 Å². The minimum absolute atomic E-state index is 0.306. The third kappa shape index (κ3) is 2.40. The Morgan fingerprint density at radius 3 is 2.20 bits per heavy atom. The monoisotopic (exact) mass is 267 g/mol. The summed E-state index contributed by atoms with van der Waals surface area (Å²) in [6.45, 7) is 0. The van der Waals surface area contributed by atoms with Crippen molar-refractivity contribution in [3.05, 3.63) is 60.2 Å². The SMILES string of the molecule is O=C(O)[C@@H]1CC(c2ccc(-c3ccccc3)cc2)=NO1. The Labute approximate surface area is 116 Å². The summed E-state index contributed by atoms with van der Waals surface area (Å²) in [6, 6.07) is 17.9. The van der Waals surface area contributed by atoms with Gasteiger partial charge >= 0.3 is 5.97 Å². The molecule has 0 saturated heterocycles. The molecule has 0 radical (unpaired) electrons. The van der Waals surface area contributed by atoms with E-state index >= 15 is 0 Å². The fraction of sp³-hybridized carbons (Fsp3) is 0.125. The quantitative estimate of drug-likeness (QED) is 0.930. The molecule has 3 rings (SSSR count). The highest BCUT2D eigenvalue weighted by Gasteiger charge is 2.28. The fourth-order valence-corrected chi connectivity index (χ4v) is 2.17. The molecule has 1 atom stereocenters. The number of nitrogens with zero attached hydrogens (tertiary/aromatic N) is 1. The maximum Gasteiger partial charge on any atom is 0.348 e. The molecule has 0 aromatic heterocycles. The molecule has 0 bridgehead atoms. The van der Waals surface area contributed by atoms with E-state index in [0.717, 1.165) is 16.7 Å². The second-order valence-electron chi connectivity index (χ2n) is 4.62. The Hall–Kier alpha value is -2.62. The van der Waals surface area contributed by atoms with Gasteiger partial charge in [0.25, 0.3) is 0 Å². The Bertz CT molecular complexity index is 647. The normalized spacial score (nSPS) is 17.4. The van der Waals surface area contributed by atoms with Gasteiger partial charge in [0, 0.05) is 6.42 Å². The van der Waals surface area contributed by atoms with Crippen LogP contribution in [0.2, 0.25) is 0 Å². The van der Waals surface area contributed by atoms with Gasteiger partial charge in [0.15, 0.2) is 0 Å². The molecule has 1 heterocycles.